The molecule has 0 aliphatic carbocycles. The van der Waals surface area contributed by atoms with Crippen LogP contribution in [0.3, 0.4) is 0 Å². The maximum absolute atomic E-state index is 13.1. The van der Waals surface area contributed by atoms with Crippen molar-refractivity contribution in [3.63, 3.8) is 0 Å². The number of rotatable bonds is 5. The Hall–Kier alpha value is -0.980. The zero-order valence-corrected chi connectivity index (χ0v) is 12.9. The Morgan fingerprint density at radius 1 is 1.40 bits per heavy atom. The standard InChI is InChI=1S/C14H19BrFN3O/c15-12-9-11(1-2-13(12)16)10-14(20)18-5-8-19-6-3-17-4-7-19/h1-2,9,17H,3-8,10H2,(H,18,20). The van der Waals surface area contributed by atoms with E-state index in [1.54, 1.807) is 12.1 Å². The first-order valence-electron chi connectivity index (χ1n) is 6.79. The van der Waals surface area contributed by atoms with Crippen molar-refractivity contribution in [3.05, 3.63) is 34.1 Å². The highest BCUT2D eigenvalue weighted by Gasteiger charge is 2.10. The Morgan fingerprint density at radius 3 is 2.85 bits per heavy atom. The number of nitrogens with one attached hydrogen (secondary N) is 2. The highest BCUT2D eigenvalue weighted by atomic mass is 79.9. The Morgan fingerprint density at radius 2 is 2.15 bits per heavy atom. The second-order valence-corrected chi connectivity index (χ2v) is 5.72. The van der Waals surface area contributed by atoms with Gasteiger partial charge in [-0.25, -0.2) is 4.39 Å². The van der Waals surface area contributed by atoms with Crippen LogP contribution in [-0.4, -0.2) is 50.1 Å². The topological polar surface area (TPSA) is 44.4 Å². The molecule has 1 aromatic carbocycles. The SMILES string of the molecule is O=C(Cc1ccc(F)c(Br)c1)NCCN1CCNCC1. The van der Waals surface area contributed by atoms with Gasteiger partial charge in [0.15, 0.2) is 0 Å². The van der Waals surface area contributed by atoms with E-state index in [0.717, 1.165) is 38.3 Å². The van der Waals surface area contributed by atoms with Crippen LogP contribution in [-0.2, 0) is 11.2 Å². The molecule has 2 N–H and O–H groups in total. The van der Waals surface area contributed by atoms with Crippen LogP contribution >= 0.6 is 15.9 Å². The lowest BCUT2D eigenvalue weighted by Crippen LogP contribution is -2.46. The van der Waals surface area contributed by atoms with Crippen LogP contribution in [0.25, 0.3) is 0 Å². The van der Waals surface area contributed by atoms with E-state index in [1.807, 2.05) is 0 Å². The summed E-state index contributed by atoms with van der Waals surface area (Å²) in [5.41, 5.74) is 0.804. The summed E-state index contributed by atoms with van der Waals surface area (Å²) in [6.07, 6.45) is 0.278. The molecule has 0 aromatic heterocycles. The Balaban J connectivity index is 1.70. The highest BCUT2D eigenvalue weighted by Crippen LogP contribution is 2.17. The minimum atomic E-state index is -0.312. The summed E-state index contributed by atoms with van der Waals surface area (Å²) >= 11 is 3.12. The van der Waals surface area contributed by atoms with E-state index < -0.39 is 0 Å². The van der Waals surface area contributed by atoms with E-state index in [9.17, 15) is 9.18 Å². The number of carbonyl (C=O) groups is 1. The maximum atomic E-state index is 13.1. The molecule has 1 aromatic rings. The molecule has 1 amide bonds. The fourth-order valence-corrected chi connectivity index (χ4v) is 2.61. The number of hydrogen-bond acceptors (Lipinski definition) is 3. The van der Waals surface area contributed by atoms with Gasteiger partial charge in [-0.3, -0.25) is 9.69 Å². The van der Waals surface area contributed by atoms with E-state index in [-0.39, 0.29) is 18.1 Å². The Bertz CT molecular complexity index is 464. The van der Waals surface area contributed by atoms with Gasteiger partial charge in [-0.15, -0.1) is 0 Å². The molecule has 110 valence electrons. The molecule has 6 heteroatoms. The number of amides is 1. The second kappa shape index (κ2) is 7.71. The number of piperazine rings is 1. The van der Waals surface area contributed by atoms with Gasteiger partial charge in [0, 0.05) is 39.3 Å². The Kier molecular flexibility index (Phi) is 5.94. The summed E-state index contributed by atoms with van der Waals surface area (Å²) in [5.74, 6) is -0.341. The first-order chi connectivity index (χ1) is 9.65. The van der Waals surface area contributed by atoms with Crippen molar-refractivity contribution < 1.29 is 9.18 Å². The van der Waals surface area contributed by atoms with Crippen LogP contribution in [0.1, 0.15) is 5.56 Å². The van der Waals surface area contributed by atoms with Crippen molar-refractivity contribution in [3.8, 4) is 0 Å². The van der Waals surface area contributed by atoms with Crippen LogP contribution < -0.4 is 10.6 Å². The van der Waals surface area contributed by atoms with Crippen molar-refractivity contribution in [1.29, 1.82) is 0 Å². The van der Waals surface area contributed by atoms with Gasteiger partial charge in [-0.05, 0) is 33.6 Å². The molecule has 20 heavy (non-hydrogen) atoms. The summed E-state index contributed by atoms with van der Waals surface area (Å²) in [4.78, 5) is 14.1. The molecule has 1 aliphatic rings. The predicted molar refractivity (Wildman–Crippen MR) is 80.1 cm³/mol. The first-order valence-corrected chi connectivity index (χ1v) is 7.58. The molecule has 4 nitrogen and oxygen atoms in total. The van der Waals surface area contributed by atoms with Gasteiger partial charge in [0.05, 0.1) is 10.9 Å². The Labute approximate surface area is 126 Å². The van der Waals surface area contributed by atoms with Crippen molar-refractivity contribution in [1.82, 2.24) is 15.5 Å². The first kappa shape index (κ1) is 15.4. The lowest BCUT2D eigenvalue weighted by molar-refractivity contribution is -0.120. The van der Waals surface area contributed by atoms with E-state index in [1.165, 1.54) is 6.07 Å². The summed E-state index contributed by atoms with van der Waals surface area (Å²) in [6, 6.07) is 4.65. The minimum Gasteiger partial charge on any atom is -0.355 e. The van der Waals surface area contributed by atoms with Gasteiger partial charge in [0.2, 0.25) is 5.91 Å². The summed E-state index contributed by atoms with van der Waals surface area (Å²) in [7, 11) is 0. The number of hydrogen-bond donors (Lipinski definition) is 2. The van der Waals surface area contributed by atoms with Crippen LogP contribution in [0.2, 0.25) is 0 Å². The van der Waals surface area contributed by atoms with Crippen LogP contribution in [0.4, 0.5) is 4.39 Å². The monoisotopic (exact) mass is 343 g/mol. The van der Waals surface area contributed by atoms with Crippen molar-refractivity contribution >= 4 is 21.8 Å². The smallest absolute Gasteiger partial charge is 0.224 e. The fourth-order valence-electron chi connectivity index (χ4n) is 2.19. The lowest BCUT2D eigenvalue weighted by Gasteiger charge is -2.27. The van der Waals surface area contributed by atoms with E-state index in [4.69, 9.17) is 0 Å². The summed E-state index contributed by atoms with van der Waals surface area (Å²) in [5, 5.41) is 6.19. The zero-order valence-electron chi connectivity index (χ0n) is 11.3. The molecule has 1 heterocycles. The molecule has 0 spiro atoms. The van der Waals surface area contributed by atoms with Crippen molar-refractivity contribution in [2.45, 2.75) is 6.42 Å². The summed E-state index contributed by atoms with van der Waals surface area (Å²) in [6.45, 7) is 5.61. The minimum absolute atomic E-state index is 0.0290. The molecule has 0 saturated carbocycles. The number of carbonyl (C=O) groups excluding carboxylic acids is 1. The normalized spacial score (nSPS) is 16.1. The lowest BCUT2D eigenvalue weighted by atomic mass is 10.1. The third-order valence-corrected chi connectivity index (χ3v) is 3.92. The number of nitrogens with zero attached hydrogens (tertiary/aromatic N) is 1. The largest absolute Gasteiger partial charge is 0.355 e. The molecular weight excluding hydrogens is 325 g/mol. The third-order valence-electron chi connectivity index (χ3n) is 3.31. The fraction of sp³-hybridized carbons (Fsp3) is 0.500. The van der Waals surface area contributed by atoms with Crippen molar-refractivity contribution in [2.75, 3.05) is 39.3 Å². The van der Waals surface area contributed by atoms with E-state index in [0.29, 0.717) is 11.0 Å². The summed E-state index contributed by atoms with van der Waals surface area (Å²) < 4.78 is 13.5. The van der Waals surface area contributed by atoms with Gasteiger partial charge < -0.3 is 10.6 Å². The molecule has 1 aliphatic heterocycles. The zero-order chi connectivity index (χ0) is 14.4. The predicted octanol–water partition coefficient (Wildman–Crippen LogP) is 1.15. The van der Waals surface area contributed by atoms with Gasteiger partial charge >= 0.3 is 0 Å². The second-order valence-electron chi connectivity index (χ2n) is 4.87. The number of halogens is 2. The molecule has 1 saturated heterocycles. The van der Waals surface area contributed by atoms with E-state index in [2.05, 4.69) is 31.5 Å². The average molecular weight is 344 g/mol. The van der Waals surface area contributed by atoms with Crippen LogP contribution in [0, 0.1) is 5.82 Å². The molecule has 0 bridgehead atoms. The molecule has 2 rings (SSSR count). The molecule has 0 radical (unpaired) electrons. The average Bonchev–Trinajstić information content (AvgIpc) is 2.44. The maximum Gasteiger partial charge on any atom is 0.224 e. The molecular formula is C14H19BrFN3O. The van der Waals surface area contributed by atoms with Gasteiger partial charge in [-0.1, -0.05) is 6.07 Å². The molecule has 0 unspecified atom stereocenters. The molecule has 1 fully saturated rings. The third kappa shape index (κ3) is 4.85. The van der Waals surface area contributed by atoms with Gasteiger partial charge in [-0.2, -0.15) is 0 Å². The molecule has 0 atom stereocenters. The van der Waals surface area contributed by atoms with Crippen LogP contribution in [0.15, 0.2) is 22.7 Å². The van der Waals surface area contributed by atoms with Gasteiger partial charge in [0.25, 0.3) is 0 Å². The number of benzene rings is 1. The van der Waals surface area contributed by atoms with Crippen LogP contribution in [0.5, 0.6) is 0 Å². The van der Waals surface area contributed by atoms with E-state index >= 15 is 0 Å². The highest BCUT2D eigenvalue weighted by molar-refractivity contribution is 9.10. The van der Waals surface area contributed by atoms with Crippen molar-refractivity contribution in [2.24, 2.45) is 0 Å². The quantitative estimate of drug-likeness (QED) is 0.843. The van der Waals surface area contributed by atoms with Gasteiger partial charge in [0.1, 0.15) is 5.82 Å².